The average Bonchev–Trinajstić information content (AvgIpc) is 3.35. The second-order valence-corrected chi connectivity index (χ2v) is 7.67. The van der Waals surface area contributed by atoms with Crippen LogP contribution in [0.5, 0.6) is 5.75 Å². The van der Waals surface area contributed by atoms with Crippen molar-refractivity contribution < 1.29 is 9.53 Å². The van der Waals surface area contributed by atoms with Gasteiger partial charge in [-0.15, -0.1) is 11.3 Å². The summed E-state index contributed by atoms with van der Waals surface area (Å²) in [4.78, 5) is 16.8. The van der Waals surface area contributed by atoms with E-state index in [1.807, 2.05) is 48.8 Å². The molecule has 0 spiro atoms. The van der Waals surface area contributed by atoms with Crippen molar-refractivity contribution in [2.24, 2.45) is 0 Å². The Morgan fingerprint density at radius 1 is 1.14 bits per heavy atom. The molecule has 0 saturated carbocycles. The number of hydrogen-bond donors (Lipinski definition) is 2. The maximum atomic E-state index is 12.7. The maximum absolute atomic E-state index is 12.7. The fourth-order valence-electron chi connectivity index (χ4n) is 3.51. The van der Waals surface area contributed by atoms with Crippen LogP contribution in [0.1, 0.15) is 32.3 Å². The quantitative estimate of drug-likeness (QED) is 0.481. The number of carbonyl (C=O) groups is 1. The highest BCUT2D eigenvalue weighted by Crippen LogP contribution is 2.31. The van der Waals surface area contributed by atoms with E-state index in [9.17, 15) is 4.79 Å². The van der Waals surface area contributed by atoms with E-state index in [4.69, 9.17) is 4.74 Å². The van der Waals surface area contributed by atoms with E-state index in [-0.39, 0.29) is 11.8 Å². The number of carbonyl (C=O) groups excluding carboxylic acids is 1. The van der Waals surface area contributed by atoms with E-state index in [2.05, 4.69) is 34.6 Å². The van der Waals surface area contributed by atoms with E-state index >= 15 is 0 Å². The predicted molar refractivity (Wildman–Crippen MR) is 115 cm³/mol. The number of ether oxygens (including phenoxy) is 1. The van der Waals surface area contributed by atoms with Crippen LogP contribution in [0.4, 0.5) is 0 Å². The first-order valence-electron chi connectivity index (χ1n) is 9.19. The molecule has 28 heavy (non-hydrogen) atoms. The Bertz CT molecular complexity index is 1100. The molecule has 1 amide bonds. The van der Waals surface area contributed by atoms with E-state index < -0.39 is 0 Å². The molecular weight excluding hydrogens is 368 g/mol. The number of thiophene rings is 1. The highest BCUT2D eigenvalue weighted by molar-refractivity contribution is 7.12. The summed E-state index contributed by atoms with van der Waals surface area (Å²) in [5.41, 5.74) is 4.41. The Balaban J connectivity index is 1.67. The van der Waals surface area contributed by atoms with Gasteiger partial charge >= 0.3 is 0 Å². The fourth-order valence-corrected chi connectivity index (χ4v) is 4.35. The molecule has 1 atom stereocenters. The molecule has 4 nitrogen and oxygen atoms in total. The Morgan fingerprint density at radius 2 is 1.93 bits per heavy atom. The standard InChI is InChI=1S/C23H22N2O2S/c1-15-11-12-28-22(15)23(26)25-13-19(16-7-9-17(27-2)10-8-16)20-14-24-21-6-4-3-5-18(20)21/h3-12,14,19,24H,13H2,1-2H3,(H,25,26). The van der Waals surface area contributed by atoms with Gasteiger partial charge in [0.05, 0.1) is 12.0 Å². The van der Waals surface area contributed by atoms with Gasteiger partial charge in [-0.25, -0.2) is 0 Å². The molecule has 5 heteroatoms. The number of aryl methyl sites for hydroxylation is 1. The molecular formula is C23H22N2O2S. The first-order chi connectivity index (χ1) is 13.7. The molecule has 0 radical (unpaired) electrons. The van der Waals surface area contributed by atoms with Crippen LogP contribution in [-0.2, 0) is 0 Å². The Labute approximate surface area is 168 Å². The Morgan fingerprint density at radius 3 is 2.64 bits per heavy atom. The van der Waals surface area contributed by atoms with Crippen LogP contribution in [-0.4, -0.2) is 24.5 Å². The van der Waals surface area contributed by atoms with E-state index in [1.54, 1.807) is 7.11 Å². The largest absolute Gasteiger partial charge is 0.497 e. The summed E-state index contributed by atoms with van der Waals surface area (Å²) in [6.45, 7) is 2.48. The Hall–Kier alpha value is -3.05. The van der Waals surface area contributed by atoms with Gasteiger partial charge in [0.25, 0.3) is 5.91 Å². The summed E-state index contributed by atoms with van der Waals surface area (Å²) in [6, 6.07) is 18.3. The third-order valence-corrected chi connectivity index (χ3v) is 6.07. The first kappa shape index (κ1) is 18.3. The predicted octanol–water partition coefficient (Wildman–Crippen LogP) is 5.11. The highest BCUT2D eigenvalue weighted by atomic mass is 32.1. The van der Waals surface area contributed by atoms with Crippen LogP contribution in [0, 0.1) is 6.92 Å². The number of nitrogens with one attached hydrogen (secondary N) is 2. The smallest absolute Gasteiger partial charge is 0.261 e. The van der Waals surface area contributed by atoms with Gasteiger partial charge in [-0.3, -0.25) is 4.79 Å². The van der Waals surface area contributed by atoms with Crippen molar-refractivity contribution in [1.82, 2.24) is 10.3 Å². The molecule has 0 fully saturated rings. The van der Waals surface area contributed by atoms with E-state index in [0.29, 0.717) is 6.54 Å². The normalized spacial score (nSPS) is 12.1. The van der Waals surface area contributed by atoms with Crippen molar-refractivity contribution in [3.05, 3.63) is 87.7 Å². The average molecular weight is 391 g/mol. The molecule has 4 rings (SSSR count). The van der Waals surface area contributed by atoms with Gasteiger partial charge in [-0.05, 0) is 53.3 Å². The molecule has 1 unspecified atom stereocenters. The maximum Gasteiger partial charge on any atom is 0.261 e. The summed E-state index contributed by atoms with van der Waals surface area (Å²) >= 11 is 1.48. The molecule has 2 aromatic carbocycles. The minimum atomic E-state index is -0.0224. The minimum Gasteiger partial charge on any atom is -0.497 e. The number of aromatic nitrogens is 1. The van der Waals surface area contributed by atoms with Gasteiger partial charge in [0.2, 0.25) is 0 Å². The SMILES string of the molecule is COc1ccc(C(CNC(=O)c2sccc2C)c2c[nH]c3ccccc23)cc1. The molecule has 0 aliphatic heterocycles. The van der Waals surface area contributed by atoms with Crippen molar-refractivity contribution in [3.8, 4) is 5.75 Å². The third kappa shape index (κ3) is 3.53. The lowest BCUT2D eigenvalue weighted by molar-refractivity contribution is 0.0956. The number of amides is 1. The van der Waals surface area contributed by atoms with Crippen LogP contribution in [0.2, 0.25) is 0 Å². The van der Waals surface area contributed by atoms with Crippen molar-refractivity contribution in [3.63, 3.8) is 0 Å². The molecule has 2 aromatic heterocycles. The molecule has 2 heterocycles. The number of aromatic amines is 1. The van der Waals surface area contributed by atoms with Gasteiger partial charge in [0, 0.05) is 29.6 Å². The summed E-state index contributed by atoms with van der Waals surface area (Å²) in [5, 5.41) is 6.25. The lowest BCUT2D eigenvalue weighted by atomic mass is 9.90. The van der Waals surface area contributed by atoms with E-state index in [0.717, 1.165) is 27.3 Å². The van der Waals surface area contributed by atoms with Crippen LogP contribution >= 0.6 is 11.3 Å². The molecule has 0 aliphatic rings. The van der Waals surface area contributed by atoms with Gasteiger partial charge in [0.15, 0.2) is 0 Å². The van der Waals surface area contributed by atoms with Crippen LogP contribution < -0.4 is 10.1 Å². The number of fused-ring (bicyclic) bond motifs is 1. The van der Waals surface area contributed by atoms with Crippen molar-refractivity contribution in [1.29, 1.82) is 0 Å². The number of para-hydroxylation sites is 1. The van der Waals surface area contributed by atoms with Gasteiger partial charge < -0.3 is 15.0 Å². The topological polar surface area (TPSA) is 54.1 Å². The molecule has 0 saturated heterocycles. The molecule has 4 aromatic rings. The van der Waals surface area contributed by atoms with Crippen molar-refractivity contribution in [2.75, 3.05) is 13.7 Å². The number of benzene rings is 2. The highest BCUT2D eigenvalue weighted by Gasteiger charge is 2.20. The number of H-pyrrole nitrogens is 1. The van der Waals surface area contributed by atoms with Crippen LogP contribution in [0.25, 0.3) is 10.9 Å². The second kappa shape index (κ2) is 7.90. The van der Waals surface area contributed by atoms with Crippen LogP contribution in [0.15, 0.2) is 66.2 Å². The molecule has 142 valence electrons. The van der Waals surface area contributed by atoms with Crippen molar-refractivity contribution in [2.45, 2.75) is 12.8 Å². The molecule has 2 N–H and O–H groups in total. The van der Waals surface area contributed by atoms with Crippen molar-refractivity contribution >= 4 is 28.1 Å². The van der Waals surface area contributed by atoms with Gasteiger partial charge in [-0.1, -0.05) is 30.3 Å². The monoisotopic (exact) mass is 390 g/mol. The number of rotatable bonds is 6. The zero-order valence-corrected chi connectivity index (χ0v) is 16.7. The second-order valence-electron chi connectivity index (χ2n) is 6.76. The lowest BCUT2D eigenvalue weighted by Gasteiger charge is -2.18. The van der Waals surface area contributed by atoms with Gasteiger partial charge in [0.1, 0.15) is 5.75 Å². The number of hydrogen-bond acceptors (Lipinski definition) is 3. The fraction of sp³-hybridized carbons (Fsp3) is 0.174. The lowest BCUT2D eigenvalue weighted by Crippen LogP contribution is -2.28. The summed E-state index contributed by atoms with van der Waals surface area (Å²) < 4.78 is 5.30. The zero-order chi connectivity index (χ0) is 19.5. The van der Waals surface area contributed by atoms with Crippen LogP contribution in [0.3, 0.4) is 0 Å². The zero-order valence-electron chi connectivity index (χ0n) is 15.9. The number of methoxy groups -OCH3 is 1. The minimum absolute atomic E-state index is 0.0224. The van der Waals surface area contributed by atoms with E-state index in [1.165, 1.54) is 22.3 Å². The molecule has 0 aliphatic carbocycles. The molecule has 0 bridgehead atoms. The summed E-state index contributed by atoms with van der Waals surface area (Å²) in [7, 11) is 1.66. The third-order valence-electron chi connectivity index (χ3n) is 5.05. The first-order valence-corrected chi connectivity index (χ1v) is 10.1. The summed E-state index contributed by atoms with van der Waals surface area (Å²) in [6.07, 6.45) is 2.04. The Kier molecular flexibility index (Phi) is 5.17. The summed E-state index contributed by atoms with van der Waals surface area (Å²) in [5.74, 6) is 0.830. The van der Waals surface area contributed by atoms with Gasteiger partial charge in [-0.2, -0.15) is 0 Å².